The maximum absolute atomic E-state index is 11.9. The molecule has 104 valence electrons. The van der Waals surface area contributed by atoms with E-state index in [1.807, 2.05) is 4.90 Å². The van der Waals surface area contributed by atoms with E-state index in [1.165, 1.54) is 25.7 Å². The molecular formula is C14H26N2O2. The first-order chi connectivity index (χ1) is 8.83. The lowest BCUT2D eigenvalue weighted by atomic mass is 10.0. The Balaban J connectivity index is 1.74. The highest BCUT2D eigenvalue weighted by Crippen LogP contribution is 2.30. The largest absolute Gasteiger partial charge is 0.381 e. The molecular weight excluding hydrogens is 228 g/mol. The molecule has 0 spiro atoms. The molecule has 0 bridgehead atoms. The van der Waals surface area contributed by atoms with Gasteiger partial charge in [0.25, 0.3) is 0 Å². The van der Waals surface area contributed by atoms with Crippen molar-refractivity contribution < 1.29 is 9.53 Å². The van der Waals surface area contributed by atoms with Gasteiger partial charge in [-0.3, -0.25) is 10.1 Å². The molecule has 1 saturated carbocycles. The summed E-state index contributed by atoms with van der Waals surface area (Å²) in [6.07, 6.45) is 7.51. The Labute approximate surface area is 110 Å². The fourth-order valence-corrected chi connectivity index (χ4v) is 3.10. The van der Waals surface area contributed by atoms with Gasteiger partial charge in [-0.05, 0) is 31.6 Å². The Kier molecular flexibility index (Phi) is 5.45. The summed E-state index contributed by atoms with van der Waals surface area (Å²) in [5, 5.41) is 3.39. The van der Waals surface area contributed by atoms with Gasteiger partial charge in [-0.1, -0.05) is 19.8 Å². The Hall–Kier alpha value is -0.610. The van der Waals surface area contributed by atoms with Crippen LogP contribution in [0.4, 0.5) is 0 Å². The number of carbonyl (C=O) groups is 1. The van der Waals surface area contributed by atoms with E-state index in [1.54, 1.807) is 0 Å². The summed E-state index contributed by atoms with van der Waals surface area (Å²) in [6, 6.07) is 0. The number of nitrogens with one attached hydrogen (secondary N) is 1. The Morgan fingerprint density at radius 1 is 1.33 bits per heavy atom. The standard InChI is InChI=1S/C14H26N2O2/c1-2-9-18-10-5-8-16-13(17)11-15-14(16)12-6-3-4-7-12/h12,14-15H,2-11H2,1H3. The minimum absolute atomic E-state index is 0.266. The van der Waals surface area contributed by atoms with Gasteiger partial charge in [0.2, 0.25) is 5.91 Å². The quantitative estimate of drug-likeness (QED) is 0.704. The third kappa shape index (κ3) is 3.45. The second kappa shape index (κ2) is 7.10. The van der Waals surface area contributed by atoms with Gasteiger partial charge in [0, 0.05) is 19.8 Å². The third-order valence-electron chi connectivity index (χ3n) is 4.00. The van der Waals surface area contributed by atoms with Crippen molar-refractivity contribution in [3.63, 3.8) is 0 Å². The summed E-state index contributed by atoms with van der Waals surface area (Å²) < 4.78 is 5.48. The predicted octanol–water partition coefficient (Wildman–Crippen LogP) is 1.75. The first-order valence-electron chi connectivity index (χ1n) is 7.43. The van der Waals surface area contributed by atoms with E-state index in [9.17, 15) is 4.79 Å². The molecule has 2 fully saturated rings. The molecule has 1 atom stereocenters. The average molecular weight is 254 g/mol. The fraction of sp³-hybridized carbons (Fsp3) is 0.929. The highest BCUT2D eigenvalue weighted by molar-refractivity contribution is 5.80. The van der Waals surface area contributed by atoms with E-state index < -0.39 is 0 Å². The minimum atomic E-state index is 0.266. The number of hydrogen-bond acceptors (Lipinski definition) is 3. The molecule has 1 amide bonds. The summed E-state index contributed by atoms with van der Waals surface area (Å²) in [5.74, 6) is 0.940. The lowest BCUT2D eigenvalue weighted by Crippen LogP contribution is -2.43. The molecule has 0 aromatic carbocycles. The summed E-state index contributed by atoms with van der Waals surface area (Å²) in [6.45, 7) is 5.09. The topological polar surface area (TPSA) is 41.6 Å². The van der Waals surface area contributed by atoms with Gasteiger partial charge in [0.1, 0.15) is 0 Å². The predicted molar refractivity (Wildman–Crippen MR) is 71.2 cm³/mol. The maximum Gasteiger partial charge on any atom is 0.237 e. The molecule has 1 unspecified atom stereocenters. The van der Waals surface area contributed by atoms with Crippen LogP contribution in [0.5, 0.6) is 0 Å². The molecule has 2 rings (SSSR count). The molecule has 1 aliphatic carbocycles. The van der Waals surface area contributed by atoms with Crippen LogP contribution in [-0.2, 0) is 9.53 Å². The van der Waals surface area contributed by atoms with Crippen molar-refractivity contribution >= 4 is 5.91 Å². The summed E-state index contributed by atoms with van der Waals surface area (Å²) in [4.78, 5) is 13.9. The van der Waals surface area contributed by atoms with Crippen LogP contribution in [-0.4, -0.2) is 43.3 Å². The second-order valence-electron chi connectivity index (χ2n) is 5.42. The number of amides is 1. The van der Waals surface area contributed by atoms with E-state index >= 15 is 0 Å². The average Bonchev–Trinajstić information content (AvgIpc) is 2.99. The van der Waals surface area contributed by atoms with Crippen LogP contribution in [0.2, 0.25) is 0 Å². The second-order valence-corrected chi connectivity index (χ2v) is 5.42. The number of nitrogens with zero attached hydrogens (tertiary/aromatic N) is 1. The highest BCUT2D eigenvalue weighted by Gasteiger charge is 2.36. The zero-order valence-electron chi connectivity index (χ0n) is 11.5. The van der Waals surface area contributed by atoms with E-state index in [0.717, 1.165) is 32.6 Å². The van der Waals surface area contributed by atoms with Crippen molar-refractivity contribution in [3.8, 4) is 0 Å². The van der Waals surface area contributed by atoms with Gasteiger partial charge in [0.05, 0.1) is 12.7 Å². The van der Waals surface area contributed by atoms with Gasteiger partial charge < -0.3 is 9.64 Å². The van der Waals surface area contributed by atoms with E-state index in [2.05, 4.69) is 12.2 Å². The first-order valence-corrected chi connectivity index (χ1v) is 7.43. The van der Waals surface area contributed by atoms with E-state index in [-0.39, 0.29) is 5.91 Å². The lowest BCUT2D eigenvalue weighted by Gasteiger charge is -2.29. The summed E-state index contributed by atoms with van der Waals surface area (Å²) in [5.41, 5.74) is 0. The normalized spacial score (nSPS) is 25.3. The fourth-order valence-electron chi connectivity index (χ4n) is 3.10. The molecule has 1 heterocycles. The molecule has 0 radical (unpaired) electrons. The van der Waals surface area contributed by atoms with Crippen molar-refractivity contribution in [1.82, 2.24) is 10.2 Å². The molecule has 4 nitrogen and oxygen atoms in total. The Morgan fingerprint density at radius 2 is 2.11 bits per heavy atom. The monoisotopic (exact) mass is 254 g/mol. The van der Waals surface area contributed by atoms with Gasteiger partial charge in [-0.25, -0.2) is 0 Å². The van der Waals surface area contributed by atoms with Crippen LogP contribution >= 0.6 is 0 Å². The molecule has 1 N–H and O–H groups in total. The zero-order valence-corrected chi connectivity index (χ0v) is 11.5. The summed E-state index contributed by atoms with van der Waals surface area (Å²) >= 11 is 0. The van der Waals surface area contributed by atoms with Crippen LogP contribution in [0.25, 0.3) is 0 Å². The van der Waals surface area contributed by atoms with Gasteiger partial charge in [0.15, 0.2) is 0 Å². The Morgan fingerprint density at radius 3 is 2.83 bits per heavy atom. The zero-order chi connectivity index (χ0) is 12.8. The van der Waals surface area contributed by atoms with Crippen molar-refractivity contribution in [1.29, 1.82) is 0 Å². The Bertz CT molecular complexity index is 265. The van der Waals surface area contributed by atoms with Crippen LogP contribution in [0.1, 0.15) is 45.4 Å². The highest BCUT2D eigenvalue weighted by atomic mass is 16.5. The molecule has 1 saturated heterocycles. The third-order valence-corrected chi connectivity index (χ3v) is 4.00. The minimum Gasteiger partial charge on any atom is -0.381 e. The van der Waals surface area contributed by atoms with E-state index in [0.29, 0.717) is 18.6 Å². The van der Waals surface area contributed by atoms with Crippen LogP contribution in [0.3, 0.4) is 0 Å². The van der Waals surface area contributed by atoms with Crippen molar-refractivity contribution in [3.05, 3.63) is 0 Å². The van der Waals surface area contributed by atoms with Gasteiger partial charge >= 0.3 is 0 Å². The van der Waals surface area contributed by atoms with Gasteiger partial charge in [-0.15, -0.1) is 0 Å². The smallest absolute Gasteiger partial charge is 0.237 e. The number of hydrogen-bond donors (Lipinski definition) is 1. The summed E-state index contributed by atoms with van der Waals surface area (Å²) in [7, 11) is 0. The molecule has 1 aliphatic heterocycles. The van der Waals surface area contributed by atoms with Crippen LogP contribution in [0.15, 0.2) is 0 Å². The molecule has 18 heavy (non-hydrogen) atoms. The van der Waals surface area contributed by atoms with Crippen molar-refractivity contribution in [2.75, 3.05) is 26.3 Å². The van der Waals surface area contributed by atoms with Crippen LogP contribution < -0.4 is 5.32 Å². The van der Waals surface area contributed by atoms with E-state index in [4.69, 9.17) is 4.74 Å². The van der Waals surface area contributed by atoms with Crippen LogP contribution in [0, 0.1) is 5.92 Å². The number of rotatable bonds is 7. The maximum atomic E-state index is 11.9. The molecule has 0 aromatic heterocycles. The lowest BCUT2D eigenvalue weighted by molar-refractivity contribution is -0.128. The molecule has 0 aromatic rings. The SMILES string of the molecule is CCCOCCCN1C(=O)CNC1C1CCCC1. The van der Waals surface area contributed by atoms with Gasteiger partial charge in [-0.2, -0.15) is 0 Å². The molecule has 2 aliphatic rings. The number of carbonyl (C=O) groups excluding carboxylic acids is 1. The molecule has 4 heteroatoms. The van der Waals surface area contributed by atoms with Crippen molar-refractivity contribution in [2.45, 2.75) is 51.6 Å². The first kappa shape index (κ1) is 13.8. The van der Waals surface area contributed by atoms with Crippen molar-refractivity contribution in [2.24, 2.45) is 5.92 Å². The number of ether oxygens (including phenoxy) is 1.